The molecule has 7 heteroatoms. The quantitative estimate of drug-likeness (QED) is 0.403. The van der Waals surface area contributed by atoms with Crippen LogP contribution in [-0.2, 0) is 17.6 Å². The third-order valence-electron chi connectivity index (χ3n) is 4.87. The molecule has 0 atom stereocenters. The number of aromatic nitrogens is 1. The first kappa shape index (κ1) is 18.6. The fourth-order valence-electron chi connectivity index (χ4n) is 3.54. The van der Waals surface area contributed by atoms with Gasteiger partial charge in [0.05, 0.1) is 10.2 Å². The molecule has 2 aromatic carbocycles. The Hall–Kier alpha value is -2.41. The second-order valence-corrected chi connectivity index (χ2v) is 9.41. The topological polar surface area (TPSA) is 51.2 Å². The van der Waals surface area contributed by atoms with Crippen molar-refractivity contribution in [2.75, 3.05) is 11.9 Å². The summed E-state index contributed by atoms with van der Waals surface area (Å²) < 4.78 is 6.74. The van der Waals surface area contributed by atoms with Gasteiger partial charge in [-0.2, -0.15) is 0 Å². The molecule has 0 unspecified atom stereocenters. The molecule has 1 aliphatic rings. The Morgan fingerprint density at radius 1 is 1.10 bits per heavy atom. The predicted molar refractivity (Wildman–Crippen MR) is 121 cm³/mol. The molecule has 0 saturated carbocycles. The summed E-state index contributed by atoms with van der Waals surface area (Å²) >= 11 is 9.23. The Kier molecular flexibility index (Phi) is 4.99. The fraction of sp³-hybridized carbons (Fsp3) is 0.182. The molecular weight excluding hydrogens is 424 g/mol. The lowest BCUT2D eigenvalue weighted by molar-refractivity contribution is -0.118. The lowest BCUT2D eigenvalue weighted by Gasteiger charge is -2.08. The minimum atomic E-state index is -0.178. The van der Waals surface area contributed by atoms with Gasteiger partial charge < -0.3 is 10.1 Å². The van der Waals surface area contributed by atoms with Crippen molar-refractivity contribution < 1.29 is 9.53 Å². The van der Waals surface area contributed by atoms with Crippen molar-refractivity contribution in [3.8, 4) is 16.3 Å². The number of nitrogens with one attached hydrogen (secondary N) is 1. The van der Waals surface area contributed by atoms with E-state index in [9.17, 15) is 4.79 Å². The number of amides is 1. The number of nitrogens with zero attached hydrogens (tertiary/aromatic N) is 1. The Morgan fingerprint density at radius 3 is 2.76 bits per heavy atom. The van der Waals surface area contributed by atoms with Crippen molar-refractivity contribution in [3.05, 3.63) is 64.0 Å². The van der Waals surface area contributed by atoms with E-state index in [0.717, 1.165) is 45.1 Å². The second-order valence-electron chi connectivity index (χ2n) is 6.84. The van der Waals surface area contributed by atoms with E-state index in [0.29, 0.717) is 10.8 Å². The van der Waals surface area contributed by atoms with Gasteiger partial charge >= 0.3 is 0 Å². The first-order valence-corrected chi connectivity index (χ1v) is 11.4. The van der Waals surface area contributed by atoms with Crippen LogP contribution in [0.15, 0.2) is 48.5 Å². The number of thiazole rings is 1. The molecule has 0 bridgehead atoms. The molecule has 2 aromatic heterocycles. The van der Waals surface area contributed by atoms with Gasteiger partial charge in [-0.15, -0.1) is 22.7 Å². The van der Waals surface area contributed by atoms with Gasteiger partial charge in [0.1, 0.15) is 15.8 Å². The minimum absolute atomic E-state index is 0.0521. The highest BCUT2D eigenvalue weighted by Gasteiger charge is 2.26. The van der Waals surface area contributed by atoms with E-state index in [4.69, 9.17) is 21.3 Å². The van der Waals surface area contributed by atoms with Crippen LogP contribution in [0, 0.1) is 0 Å². The molecular formula is C22H17ClN2O2S2. The van der Waals surface area contributed by atoms with E-state index < -0.39 is 0 Å². The number of halogens is 1. The standard InChI is InChI=1S/C22H17ClN2O2S2/c23-13-8-10-14(11-9-13)27-12-19(26)25-22-20(15-4-3-7-17(15)28-22)21-24-16-5-1-2-6-18(16)29-21/h1-2,5-6,8-11H,3-4,7,12H2,(H,25,26). The lowest BCUT2D eigenvalue weighted by Crippen LogP contribution is -2.20. The van der Waals surface area contributed by atoms with E-state index in [2.05, 4.69) is 11.4 Å². The molecule has 0 aliphatic heterocycles. The molecule has 1 aliphatic carbocycles. The van der Waals surface area contributed by atoms with Gasteiger partial charge in [-0.05, 0) is 61.2 Å². The number of ether oxygens (including phenoxy) is 1. The van der Waals surface area contributed by atoms with Crippen LogP contribution in [0.3, 0.4) is 0 Å². The number of hydrogen-bond acceptors (Lipinski definition) is 5. The van der Waals surface area contributed by atoms with Crippen LogP contribution >= 0.6 is 34.3 Å². The van der Waals surface area contributed by atoms with Gasteiger partial charge in [-0.1, -0.05) is 23.7 Å². The number of aryl methyl sites for hydroxylation is 1. The third-order valence-corrected chi connectivity index (χ3v) is 7.38. The number of fused-ring (bicyclic) bond motifs is 2. The van der Waals surface area contributed by atoms with Crippen LogP contribution in [0.1, 0.15) is 16.9 Å². The molecule has 1 N–H and O–H groups in total. The Balaban J connectivity index is 1.40. The SMILES string of the molecule is O=C(COc1ccc(Cl)cc1)Nc1sc2c(c1-c1nc3ccccc3s1)CCC2. The zero-order valence-corrected chi connectivity index (χ0v) is 17.8. The molecule has 5 rings (SSSR count). The van der Waals surface area contributed by atoms with Crippen LogP contribution in [0.4, 0.5) is 5.00 Å². The van der Waals surface area contributed by atoms with Crippen molar-refractivity contribution in [3.63, 3.8) is 0 Å². The van der Waals surface area contributed by atoms with Crippen LogP contribution in [0.5, 0.6) is 5.75 Å². The lowest BCUT2D eigenvalue weighted by atomic mass is 10.1. The first-order valence-electron chi connectivity index (χ1n) is 9.36. The zero-order chi connectivity index (χ0) is 19.8. The molecule has 0 radical (unpaired) electrons. The predicted octanol–water partition coefficient (Wildman–Crippen LogP) is 6.18. The summed E-state index contributed by atoms with van der Waals surface area (Å²) in [7, 11) is 0. The molecule has 29 heavy (non-hydrogen) atoms. The Labute approximate surface area is 181 Å². The van der Waals surface area contributed by atoms with E-state index in [-0.39, 0.29) is 12.5 Å². The van der Waals surface area contributed by atoms with Crippen molar-refractivity contribution in [1.82, 2.24) is 4.98 Å². The largest absolute Gasteiger partial charge is 0.484 e. The molecule has 4 nitrogen and oxygen atoms in total. The van der Waals surface area contributed by atoms with Crippen LogP contribution in [0.2, 0.25) is 5.02 Å². The van der Waals surface area contributed by atoms with Crippen molar-refractivity contribution in [2.45, 2.75) is 19.3 Å². The summed E-state index contributed by atoms with van der Waals surface area (Å²) in [4.78, 5) is 18.8. The van der Waals surface area contributed by atoms with Gasteiger partial charge in [0.2, 0.25) is 0 Å². The van der Waals surface area contributed by atoms with E-state index in [1.165, 1.54) is 10.4 Å². The summed E-state index contributed by atoms with van der Waals surface area (Å²) in [6.45, 7) is -0.0521. The maximum Gasteiger partial charge on any atom is 0.262 e. The number of carbonyl (C=O) groups is 1. The Morgan fingerprint density at radius 2 is 1.93 bits per heavy atom. The van der Waals surface area contributed by atoms with Gasteiger partial charge in [-0.25, -0.2) is 4.98 Å². The summed E-state index contributed by atoms with van der Waals surface area (Å²) in [5.74, 6) is 0.437. The number of carbonyl (C=O) groups excluding carboxylic acids is 1. The van der Waals surface area contributed by atoms with Gasteiger partial charge in [0.15, 0.2) is 6.61 Å². The van der Waals surface area contributed by atoms with Gasteiger partial charge in [0, 0.05) is 15.5 Å². The van der Waals surface area contributed by atoms with E-state index in [1.807, 2.05) is 18.2 Å². The smallest absolute Gasteiger partial charge is 0.262 e. The number of hydrogen-bond donors (Lipinski definition) is 1. The highest BCUT2D eigenvalue weighted by Crippen LogP contribution is 2.46. The van der Waals surface area contributed by atoms with Crippen molar-refractivity contribution in [1.29, 1.82) is 0 Å². The molecule has 2 heterocycles. The van der Waals surface area contributed by atoms with Crippen molar-refractivity contribution in [2.24, 2.45) is 0 Å². The summed E-state index contributed by atoms with van der Waals surface area (Å²) in [5.41, 5.74) is 3.42. The minimum Gasteiger partial charge on any atom is -0.484 e. The molecule has 0 saturated heterocycles. The summed E-state index contributed by atoms with van der Waals surface area (Å²) in [6, 6.07) is 15.1. The highest BCUT2D eigenvalue weighted by atomic mass is 35.5. The molecule has 0 fully saturated rings. The van der Waals surface area contributed by atoms with Crippen LogP contribution in [0.25, 0.3) is 20.8 Å². The number of para-hydroxylation sites is 1. The Bertz CT molecular complexity index is 1160. The number of thiophene rings is 1. The van der Waals surface area contributed by atoms with Crippen LogP contribution < -0.4 is 10.1 Å². The van der Waals surface area contributed by atoms with Crippen LogP contribution in [-0.4, -0.2) is 17.5 Å². The zero-order valence-electron chi connectivity index (χ0n) is 15.4. The average Bonchev–Trinajstić information content (AvgIpc) is 3.41. The number of benzene rings is 2. The summed E-state index contributed by atoms with van der Waals surface area (Å²) in [6.07, 6.45) is 3.26. The highest BCUT2D eigenvalue weighted by molar-refractivity contribution is 7.23. The fourth-order valence-corrected chi connectivity index (χ4v) is 6.08. The number of rotatable bonds is 5. The first-order chi connectivity index (χ1) is 14.2. The van der Waals surface area contributed by atoms with Crippen molar-refractivity contribution >= 4 is 55.4 Å². The normalized spacial score (nSPS) is 12.9. The third kappa shape index (κ3) is 3.75. The number of anilines is 1. The molecule has 146 valence electrons. The average molecular weight is 441 g/mol. The maximum atomic E-state index is 12.6. The molecule has 1 amide bonds. The van der Waals surface area contributed by atoms with E-state index in [1.54, 1.807) is 46.9 Å². The molecule has 0 spiro atoms. The van der Waals surface area contributed by atoms with Gasteiger partial charge in [0.25, 0.3) is 5.91 Å². The maximum absolute atomic E-state index is 12.6. The summed E-state index contributed by atoms with van der Waals surface area (Å²) in [5, 5.41) is 5.54. The second kappa shape index (κ2) is 7.78. The van der Waals surface area contributed by atoms with E-state index >= 15 is 0 Å². The molecule has 4 aromatic rings. The van der Waals surface area contributed by atoms with Gasteiger partial charge in [-0.3, -0.25) is 4.79 Å². The monoisotopic (exact) mass is 440 g/mol.